The molecule has 0 bridgehead atoms. The molecule has 0 unspecified atom stereocenters. The molecule has 0 atom stereocenters. The largest absolute Gasteiger partial charge is 0.465 e. The zero-order valence-electron chi connectivity index (χ0n) is 19.0. The highest BCUT2D eigenvalue weighted by Gasteiger charge is 2.25. The van der Waals surface area contributed by atoms with Crippen molar-refractivity contribution in [3.63, 3.8) is 0 Å². The van der Waals surface area contributed by atoms with Gasteiger partial charge >= 0.3 is 16.0 Å². The molecular weight excluding hydrogens is 543 g/mol. The average molecular weight is 560 g/mol. The minimum atomic E-state index is -2.19. The van der Waals surface area contributed by atoms with Gasteiger partial charge in [0.05, 0.1) is 35.9 Å². The molecule has 2 aromatic carbocycles. The molecule has 4 rings (SSSR count). The van der Waals surface area contributed by atoms with Crippen molar-refractivity contribution in [3.05, 3.63) is 90.1 Å². The van der Waals surface area contributed by atoms with Crippen LogP contribution in [0.5, 0.6) is 0 Å². The van der Waals surface area contributed by atoms with Gasteiger partial charge in [0.1, 0.15) is 0 Å². The number of halogens is 3. The first-order chi connectivity index (χ1) is 17.6. The van der Waals surface area contributed by atoms with Crippen LogP contribution in [0.2, 0.25) is 0 Å². The fraction of sp³-hybridized carbons (Fsp3) is 0.0800. The predicted octanol–water partition coefficient (Wildman–Crippen LogP) is 5.98. The molecule has 4 aromatic rings. The molecule has 0 aliphatic carbocycles. The topological polar surface area (TPSA) is 112 Å². The Bertz CT molecular complexity index is 1500. The van der Waals surface area contributed by atoms with Crippen molar-refractivity contribution in [2.75, 3.05) is 12.4 Å². The van der Waals surface area contributed by atoms with Crippen LogP contribution in [0.25, 0.3) is 22.7 Å². The molecule has 0 radical (unpaired) electrons. The van der Waals surface area contributed by atoms with Crippen molar-refractivity contribution in [3.8, 4) is 5.69 Å². The molecular formula is C25H17Cl3N4O5. The second kappa shape index (κ2) is 11.0. The van der Waals surface area contributed by atoms with Crippen LogP contribution in [-0.2, 0) is 9.47 Å². The number of hydrogen-bond donors (Lipinski definition) is 1. The molecule has 2 aromatic heterocycles. The lowest BCUT2D eigenvalue weighted by Crippen LogP contribution is -2.21. The van der Waals surface area contributed by atoms with E-state index in [4.69, 9.17) is 39.5 Å². The fourth-order valence-corrected chi connectivity index (χ4v) is 3.61. The maximum atomic E-state index is 12.7. The van der Waals surface area contributed by atoms with E-state index in [-0.39, 0.29) is 5.78 Å². The molecule has 0 aliphatic heterocycles. The summed E-state index contributed by atoms with van der Waals surface area (Å²) in [5.74, 6) is -0.751. The van der Waals surface area contributed by atoms with Crippen LogP contribution < -0.4 is 5.32 Å². The van der Waals surface area contributed by atoms with Crippen LogP contribution in [-0.4, -0.2) is 43.5 Å². The third-order valence-electron chi connectivity index (χ3n) is 5.04. The summed E-state index contributed by atoms with van der Waals surface area (Å²) < 4.78 is 8.94. The van der Waals surface area contributed by atoms with E-state index in [0.717, 1.165) is 5.69 Å². The van der Waals surface area contributed by atoms with Gasteiger partial charge in [0.2, 0.25) is 0 Å². The van der Waals surface area contributed by atoms with Gasteiger partial charge in [-0.25, -0.2) is 19.6 Å². The lowest BCUT2D eigenvalue weighted by Gasteiger charge is -2.12. The molecule has 0 fully saturated rings. The molecule has 1 N–H and O–H groups in total. The molecule has 0 aliphatic rings. The van der Waals surface area contributed by atoms with Crippen LogP contribution in [0.15, 0.2) is 73.3 Å². The minimum Gasteiger partial charge on any atom is -0.465 e. The van der Waals surface area contributed by atoms with E-state index in [9.17, 15) is 14.4 Å². The van der Waals surface area contributed by atoms with Gasteiger partial charge in [0, 0.05) is 29.0 Å². The number of ketones is 1. The summed E-state index contributed by atoms with van der Waals surface area (Å²) in [7, 11) is 1.32. The number of amides is 1. The second-order valence-corrected chi connectivity index (χ2v) is 9.67. The first-order valence-electron chi connectivity index (χ1n) is 10.5. The van der Waals surface area contributed by atoms with Gasteiger partial charge in [-0.2, -0.15) is 0 Å². The number of aromatic nitrogens is 3. The summed E-state index contributed by atoms with van der Waals surface area (Å²) in [5.41, 5.74) is 2.95. The Kier molecular flexibility index (Phi) is 7.77. The zero-order chi connectivity index (χ0) is 26.6. The Morgan fingerprint density at radius 3 is 2.41 bits per heavy atom. The second-order valence-electron chi connectivity index (χ2n) is 7.49. The first kappa shape index (κ1) is 26.2. The van der Waals surface area contributed by atoms with Gasteiger partial charge in [-0.05, 0) is 95.5 Å². The highest BCUT2D eigenvalue weighted by molar-refractivity contribution is 6.66. The lowest BCUT2D eigenvalue weighted by molar-refractivity contribution is 0.0600. The number of imidazole rings is 1. The molecule has 9 nitrogen and oxygen atoms in total. The number of carbonyl (C=O) groups excluding carboxylic acids is 3. The SMILES string of the molecule is COC(=O)c1ccc2nc(/C=C/C(=O)c3ccc(NC(=O)OC(Cl)(Cl)Cl)cc3)cc(-n3ccnc3)c2c1. The van der Waals surface area contributed by atoms with Gasteiger partial charge in [0.15, 0.2) is 5.78 Å². The smallest absolute Gasteiger partial charge is 0.415 e. The predicted molar refractivity (Wildman–Crippen MR) is 140 cm³/mol. The maximum absolute atomic E-state index is 12.7. The van der Waals surface area contributed by atoms with E-state index in [1.54, 1.807) is 53.6 Å². The van der Waals surface area contributed by atoms with Gasteiger partial charge < -0.3 is 14.0 Å². The van der Waals surface area contributed by atoms with Crippen LogP contribution >= 0.6 is 34.8 Å². The number of alkyl halides is 3. The minimum absolute atomic E-state index is 0.289. The standard InChI is InChI=1S/C25H17Cl3N4O5/c1-36-23(34)16-4-8-20-19(12-16)21(32-11-10-29-14-32)13-18(30-20)7-9-22(33)15-2-5-17(6-3-15)31-24(35)37-25(26,27)28/h2-14H,1H3,(H,31,35)/b9-7+. The number of fused-ring (bicyclic) bond motifs is 1. The number of benzene rings is 2. The monoisotopic (exact) mass is 558 g/mol. The van der Waals surface area contributed by atoms with Crippen molar-refractivity contribution in [2.24, 2.45) is 0 Å². The van der Waals surface area contributed by atoms with Crippen molar-refractivity contribution in [1.82, 2.24) is 14.5 Å². The van der Waals surface area contributed by atoms with Crippen LogP contribution in [0.4, 0.5) is 10.5 Å². The first-order valence-corrected chi connectivity index (χ1v) is 11.7. The number of carbonyl (C=O) groups is 3. The summed E-state index contributed by atoms with van der Waals surface area (Å²) in [6, 6.07) is 12.9. The number of hydrogen-bond acceptors (Lipinski definition) is 7. The van der Waals surface area contributed by atoms with Crippen molar-refractivity contribution >= 4 is 75.3 Å². The van der Waals surface area contributed by atoms with Gasteiger partial charge in [-0.15, -0.1) is 0 Å². The Hall–Kier alpha value is -3.92. The molecule has 188 valence electrons. The summed E-state index contributed by atoms with van der Waals surface area (Å²) >= 11 is 16.2. The number of rotatable bonds is 6. The summed E-state index contributed by atoms with van der Waals surface area (Å²) in [6.07, 6.45) is 7.02. The van der Waals surface area contributed by atoms with E-state index in [1.165, 1.54) is 37.5 Å². The van der Waals surface area contributed by atoms with E-state index in [2.05, 4.69) is 20.0 Å². The van der Waals surface area contributed by atoms with E-state index < -0.39 is 16.0 Å². The third-order valence-corrected chi connectivity index (χ3v) is 5.27. The quantitative estimate of drug-likeness (QED) is 0.134. The third kappa shape index (κ3) is 6.65. The number of esters is 1. The van der Waals surface area contributed by atoms with Gasteiger partial charge in [-0.1, -0.05) is 0 Å². The highest BCUT2D eigenvalue weighted by atomic mass is 35.6. The van der Waals surface area contributed by atoms with Crippen molar-refractivity contribution < 1.29 is 23.9 Å². The van der Waals surface area contributed by atoms with E-state index in [1.807, 2.05) is 0 Å². The van der Waals surface area contributed by atoms with E-state index >= 15 is 0 Å². The van der Waals surface area contributed by atoms with Gasteiger partial charge in [0.25, 0.3) is 0 Å². The molecule has 37 heavy (non-hydrogen) atoms. The van der Waals surface area contributed by atoms with E-state index in [0.29, 0.717) is 33.4 Å². The number of pyridine rings is 1. The number of nitrogens with one attached hydrogen (secondary N) is 1. The lowest BCUT2D eigenvalue weighted by atomic mass is 10.1. The number of anilines is 1. The molecule has 0 saturated carbocycles. The van der Waals surface area contributed by atoms with Crippen LogP contribution in [0, 0.1) is 0 Å². The molecule has 2 heterocycles. The average Bonchev–Trinajstić information content (AvgIpc) is 3.40. The molecule has 0 saturated heterocycles. The zero-order valence-corrected chi connectivity index (χ0v) is 21.3. The number of nitrogens with zero attached hydrogens (tertiary/aromatic N) is 3. The Morgan fingerprint density at radius 2 is 1.76 bits per heavy atom. The number of ether oxygens (including phenoxy) is 2. The summed E-state index contributed by atoms with van der Waals surface area (Å²) in [4.78, 5) is 45.1. The Labute approximate surface area is 225 Å². The maximum Gasteiger partial charge on any atom is 0.415 e. The molecule has 1 amide bonds. The van der Waals surface area contributed by atoms with Gasteiger partial charge in [-0.3, -0.25) is 10.1 Å². The van der Waals surface area contributed by atoms with Crippen molar-refractivity contribution in [2.45, 2.75) is 3.98 Å². The summed E-state index contributed by atoms with van der Waals surface area (Å²) in [5, 5.41) is 3.09. The fourth-order valence-electron chi connectivity index (χ4n) is 3.40. The van der Waals surface area contributed by atoms with Crippen LogP contribution in [0.1, 0.15) is 26.4 Å². The molecule has 0 spiro atoms. The summed E-state index contributed by atoms with van der Waals surface area (Å²) in [6.45, 7) is 0. The molecule has 12 heteroatoms. The normalized spacial score (nSPS) is 11.5. The number of allylic oxidation sites excluding steroid dienone is 1. The highest BCUT2D eigenvalue weighted by Crippen LogP contribution is 2.28. The number of methoxy groups -OCH3 is 1. The Morgan fingerprint density at radius 1 is 1.03 bits per heavy atom. The van der Waals surface area contributed by atoms with Crippen molar-refractivity contribution in [1.29, 1.82) is 0 Å². The van der Waals surface area contributed by atoms with Crippen LogP contribution in [0.3, 0.4) is 0 Å². The Balaban J connectivity index is 1.57.